The number of hydrogen-bond acceptors (Lipinski definition) is 1. The molecule has 0 bridgehead atoms. The van der Waals surface area contributed by atoms with Crippen molar-refractivity contribution < 1.29 is 4.79 Å². The van der Waals surface area contributed by atoms with E-state index in [0.717, 1.165) is 24.2 Å². The zero-order chi connectivity index (χ0) is 21.7. The van der Waals surface area contributed by atoms with Gasteiger partial charge in [0.05, 0.1) is 0 Å². The maximum atomic E-state index is 12.4. The zero-order valence-electron chi connectivity index (χ0n) is 21.1. The smallest absolute Gasteiger partial charge is 0.133 e. The minimum Gasteiger partial charge on any atom is -0.300 e. The second-order valence-corrected chi connectivity index (χ2v) is 14.4. The molecule has 1 nitrogen and oxygen atoms in total. The lowest BCUT2D eigenvalue weighted by atomic mass is 9.32. The van der Waals surface area contributed by atoms with Gasteiger partial charge in [0, 0.05) is 5.92 Å². The van der Waals surface area contributed by atoms with Gasteiger partial charge in [0.2, 0.25) is 0 Å². The SMILES string of the molecule is CC(=O)[C@H]1CC[C@@]2(C)[C@@H]1CC[C@]1(C)[C@H]2CC[C@@H]2[C@@]3(C)CCCC(C)(C)[C@@H]3CC[C@]21C. The van der Waals surface area contributed by atoms with Gasteiger partial charge in [0.15, 0.2) is 0 Å². The first kappa shape index (κ1) is 21.5. The molecule has 0 spiro atoms. The Hall–Kier alpha value is -0.330. The van der Waals surface area contributed by atoms with Gasteiger partial charge in [-0.25, -0.2) is 0 Å². The van der Waals surface area contributed by atoms with Crippen LogP contribution in [-0.4, -0.2) is 5.78 Å². The van der Waals surface area contributed by atoms with Gasteiger partial charge in [-0.3, -0.25) is 4.79 Å². The number of fused-ring (bicyclic) bond motifs is 7. The van der Waals surface area contributed by atoms with Crippen LogP contribution in [-0.2, 0) is 4.79 Å². The van der Waals surface area contributed by atoms with E-state index in [1.54, 1.807) is 0 Å². The number of hydrogen-bond donors (Lipinski definition) is 0. The lowest BCUT2D eigenvalue weighted by molar-refractivity contribution is -0.240. The van der Waals surface area contributed by atoms with Crippen LogP contribution in [0.5, 0.6) is 0 Å². The molecule has 5 fully saturated rings. The molecule has 0 saturated heterocycles. The summed E-state index contributed by atoms with van der Waals surface area (Å²) >= 11 is 0. The van der Waals surface area contributed by atoms with Crippen LogP contribution in [0.15, 0.2) is 0 Å². The van der Waals surface area contributed by atoms with Gasteiger partial charge >= 0.3 is 0 Å². The molecule has 9 atom stereocenters. The second kappa shape index (κ2) is 6.38. The molecule has 0 aromatic rings. The molecule has 1 heteroatoms. The molecule has 0 aliphatic heterocycles. The fourth-order valence-corrected chi connectivity index (χ4v) is 11.8. The average molecular weight is 413 g/mol. The largest absolute Gasteiger partial charge is 0.300 e. The number of Topliss-reactive ketones (excluding diaryl/α,β-unsaturated/α-hetero) is 1. The quantitative estimate of drug-likeness (QED) is 0.425. The Bertz CT molecular complexity index is 737. The maximum absolute atomic E-state index is 12.4. The zero-order valence-corrected chi connectivity index (χ0v) is 21.1. The summed E-state index contributed by atoms with van der Waals surface area (Å²) in [6, 6.07) is 0. The minimum atomic E-state index is 0.359. The molecule has 5 aliphatic rings. The molecule has 0 aromatic carbocycles. The monoisotopic (exact) mass is 412 g/mol. The first-order chi connectivity index (χ1) is 13.9. The van der Waals surface area contributed by atoms with Crippen molar-refractivity contribution in [3.8, 4) is 0 Å². The van der Waals surface area contributed by atoms with E-state index < -0.39 is 0 Å². The molecule has 5 saturated carbocycles. The molecule has 0 aromatic heterocycles. The van der Waals surface area contributed by atoms with Crippen LogP contribution in [0, 0.1) is 56.7 Å². The van der Waals surface area contributed by atoms with E-state index in [4.69, 9.17) is 0 Å². The molecular formula is C29H48O. The van der Waals surface area contributed by atoms with Crippen molar-refractivity contribution in [2.45, 2.75) is 119 Å². The Kier molecular flexibility index (Phi) is 4.57. The Labute approximate surface area is 186 Å². The van der Waals surface area contributed by atoms with Crippen molar-refractivity contribution in [1.29, 1.82) is 0 Å². The van der Waals surface area contributed by atoms with Crippen molar-refractivity contribution in [2.24, 2.45) is 56.7 Å². The third kappa shape index (κ3) is 2.45. The average Bonchev–Trinajstić information content (AvgIpc) is 2.99. The lowest BCUT2D eigenvalue weighted by Crippen LogP contribution is -2.65. The summed E-state index contributed by atoms with van der Waals surface area (Å²) in [7, 11) is 0. The Morgan fingerprint density at radius 1 is 0.633 bits per heavy atom. The molecule has 30 heavy (non-hydrogen) atoms. The number of carbonyl (C=O) groups excluding carboxylic acids is 1. The highest BCUT2D eigenvalue weighted by Gasteiger charge is 2.70. The summed E-state index contributed by atoms with van der Waals surface area (Å²) in [5.41, 5.74) is 2.41. The Morgan fingerprint density at radius 2 is 1.23 bits per heavy atom. The summed E-state index contributed by atoms with van der Waals surface area (Å²) in [4.78, 5) is 12.4. The predicted octanol–water partition coefficient (Wildman–Crippen LogP) is 8.07. The van der Waals surface area contributed by atoms with Crippen molar-refractivity contribution in [2.75, 3.05) is 0 Å². The van der Waals surface area contributed by atoms with Crippen LogP contribution in [0.1, 0.15) is 119 Å². The normalized spacial score (nSPS) is 57.0. The predicted molar refractivity (Wildman–Crippen MR) is 125 cm³/mol. The van der Waals surface area contributed by atoms with Crippen LogP contribution in [0.25, 0.3) is 0 Å². The maximum Gasteiger partial charge on any atom is 0.133 e. The Morgan fingerprint density at radius 3 is 1.87 bits per heavy atom. The van der Waals surface area contributed by atoms with Gasteiger partial charge in [-0.15, -0.1) is 0 Å². The Balaban J connectivity index is 1.53. The van der Waals surface area contributed by atoms with E-state index in [9.17, 15) is 4.79 Å². The molecule has 0 amide bonds. The highest BCUT2D eigenvalue weighted by atomic mass is 16.1. The fourth-order valence-electron chi connectivity index (χ4n) is 11.8. The minimum absolute atomic E-state index is 0.359. The highest BCUT2D eigenvalue weighted by Crippen LogP contribution is 2.77. The first-order valence-corrected chi connectivity index (χ1v) is 13.4. The van der Waals surface area contributed by atoms with Crippen LogP contribution >= 0.6 is 0 Å². The van der Waals surface area contributed by atoms with E-state index in [2.05, 4.69) is 41.5 Å². The van der Waals surface area contributed by atoms with Crippen molar-refractivity contribution in [1.82, 2.24) is 0 Å². The molecule has 5 aliphatic carbocycles. The van der Waals surface area contributed by atoms with E-state index in [1.165, 1.54) is 64.2 Å². The molecule has 5 rings (SSSR count). The van der Waals surface area contributed by atoms with Gasteiger partial charge in [-0.05, 0) is 122 Å². The molecule has 170 valence electrons. The van der Waals surface area contributed by atoms with Gasteiger partial charge in [0.1, 0.15) is 5.78 Å². The number of carbonyl (C=O) groups is 1. The summed E-state index contributed by atoms with van der Waals surface area (Å²) in [6.45, 7) is 17.8. The standard InChI is InChI=1S/C29H48O/c1-19(30)20-11-16-26(4)21(20)12-17-28(6)23(26)9-10-24-27(5)15-8-14-25(2,3)22(27)13-18-29(24,28)7/h20-24H,8-18H2,1-7H3/t20-,21-,22+,23+,24-,26+,27+,28-,29-/m1/s1. The lowest BCUT2D eigenvalue weighted by Gasteiger charge is -2.73. The topological polar surface area (TPSA) is 17.1 Å². The van der Waals surface area contributed by atoms with E-state index in [1.807, 2.05) is 6.92 Å². The van der Waals surface area contributed by atoms with Gasteiger partial charge in [-0.1, -0.05) is 48.0 Å². The molecule has 0 N–H and O–H groups in total. The van der Waals surface area contributed by atoms with Crippen molar-refractivity contribution in [3.63, 3.8) is 0 Å². The highest BCUT2D eigenvalue weighted by molar-refractivity contribution is 5.79. The first-order valence-electron chi connectivity index (χ1n) is 13.4. The molecule has 0 heterocycles. The van der Waals surface area contributed by atoms with E-state index in [-0.39, 0.29) is 0 Å². The molecule has 0 radical (unpaired) electrons. The molecular weight excluding hydrogens is 364 g/mol. The third-order valence-electron chi connectivity index (χ3n) is 13.2. The van der Waals surface area contributed by atoms with Gasteiger partial charge in [-0.2, -0.15) is 0 Å². The molecule has 0 unspecified atom stereocenters. The van der Waals surface area contributed by atoms with E-state index in [0.29, 0.717) is 44.7 Å². The van der Waals surface area contributed by atoms with Crippen LogP contribution < -0.4 is 0 Å². The summed E-state index contributed by atoms with van der Waals surface area (Å²) in [6.07, 6.45) is 15.3. The second-order valence-electron chi connectivity index (χ2n) is 14.4. The fraction of sp³-hybridized carbons (Fsp3) is 0.966. The van der Waals surface area contributed by atoms with Crippen LogP contribution in [0.2, 0.25) is 0 Å². The summed E-state index contributed by atoms with van der Waals surface area (Å²) in [5.74, 6) is 4.13. The van der Waals surface area contributed by atoms with Crippen molar-refractivity contribution >= 4 is 5.78 Å². The van der Waals surface area contributed by atoms with Crippen LogP contribution in [0.3, 0.4) is 0 Å². The summed E-state index contributed by atoms with van der Waals surface area (Å²) in [5, 5.41) is 0. The number of rotatable bonds is 1. The van der Waals surface area contributed by atoms with Crippen molar-refractivity contribution in [3.05, 3.63) is 0 Å². The van der Waals surface area contributed by atoms with Gasteiger partial charge in [0.25, 0.3) is 0 Å². The van der Waals surface area contributed by atoms with Gasteiger partial charge < -0.3 is 0 Å². The van der Waals surface area contributed by atoms with Crippen LogP contribution in [0.4, 0.5) is 0 Å². The summed E-state index contributed by atoms with van der Waals surface area (Å²) < 4.78 is 0. The third-order valence-corrected chi connectivity index (χ3v) is 13.2. The number of ketones is 1. The van der Waals surface area contributed by atoms with E-state index >= 15 is 0 Å².